The minimum Gasteiger partial charge on any atom is -0.478 e. The molecule has 0 aliphatic carbocycles. The third-order valence-corrected chi connectivity index (χ3v) is 3.57. The van der Waals surface area contributed by atoms with Crippen LogP contribution in [0.4, 0.5) is 11.5 Å². The van der Waals surface area contributed by atoms with Gasteiger partial charge in [0.1, 0.15) is 22.6 Å². The first-order valence-corrected chi connectivity index (χ1v) is 7.40. The average molecular weight is 320 g/mol. The van der Waals surface area contributed by atoms with Crippen LogP contribution in [0.2, 0.25) is 5.15 Å². The number of carbonyl (C=O) groups is 1. The van der Waals surface area contributed by atoms with Gasteiger partial charge in [-0.3, -0.25) is 0 Å². The zero-order chi connectivity index (χ0) is 15.4. The van der Waals surface area contributed by atoms with Gasteiger partial charge in [-0.25, -0.2) is 9.78 Å². The van der Waals surface area contributed by atoms with Crippen LogP contribution in [0.15, 0.2) is 35.2 Å². The number of rotatable bonds is 4. The maximum Gasteiger partial charge on any atom is 0.340 e. The average Bonchev–Trinajstić information content (AvgIpc) is 2.46. The van der Waals surface area contributed by atoms with Gasteiger partial charge in [0.2, 0.25) is 0 Å². The zero-order valence-corrected chi connectivity index (χ0v) is 12.5. The Bertz CT molecular complexity index is 743. The van der Waals surface area contributed by atoms with Crippen LogP contribution in [-0.4, -0.2) is 22.3 Å². The van der Waals surface area contributed by atoms with Crippen LogP contribution in [0.3, 0.4) is 0 Å². The van der Waals surface area contributed by atoms with Crippen molar-refractivity contribution in [3.8, 4) is 6.07 Å². The smallest absolute Gasteiger partial charge is 0.340 e. The molecule has 0 aliphatic rings. The highest BCUT2D eigenvalue weighted by atomic mass is 35.5. The van der Waals surface area contributed by atoms with E-state index in [0.717, 1.165) is 4.90 Å². The molecule has 1 heterocycles. The fraction of sp³-hybridized carbons (Fsp3) is 0.0714. The highest BCUT2D eigenvalue weighted by Gasteiger charge is 2.19. The van der Waals surface area contributed by atoms with Crippen molar-refractivity contribution in [2.24, 2.45) is 0 Å². The number of anilines is 2. The second-order valence-corrected chi connectivity index (χ2v) is 5.26. The lowest BCUT2D eigenvalue weighted by Gasteiger charge is -2.11. The lowest BCUT2D eigenvalue weighted by atomic mass is 10.1. The van der Waals surface area contributed by atoms with Gasteiger partial charge in [0.25, 0.3) is 0 Å². The number of pyridine rings is 1. The third-order valence-electron chi connectivity index (χ3n) is 2.65. The standard InChI is InChI=1S/C14H10ClN3O2S/c1-21-10-4-2-3-9(6-10)17-13-12(14(19)20)8(7-16)5-11(15)18-13/h2-6H,1H3,(H,17,18)(H,19,20). The van der Waals surface area contributed by atoms with E-state index in [-0.39, 0.29) is 22.1 Å². The highest BCUT2D eigenvalue weighted by Crippen LogP contribution is 2.26. The highest BCUT2D eigenvalue weighted by molar-refractivity contribution is 7.98. The van der Waals surface area contributed by atoms with Gasteiger partial charge in [0.05, 0.1) is 5.56 Å². The summed E-state index contributed by atoms with van der Waals surface area (Å²) in [4.78, 5) is 16.3. The molecule has 1 aromatic heterocycles. The molecule has 106 valence electrons. The topological polar surface area (TPSA) is 86.0 Å². The van der Waals surface area contributed by atoms with Crippen molar-refractivity contribution < 1.29 is 9.90 Å². The van der Waals surface area contributed by atoms with Crippen LogP contribution >= 0.6 is 23.4 Å². The van der Waals surface area contributed by atoms with E-state index in [2.05, 4.69) is 10.3 Å². The van der Waals surface area contributed by atoms with Crippen molar-refractivity contribution in [1.29, 1.82) is 5.26 Å². The quantitative estimate of drug-likeness (QED) is 0.659. The Kier molecular flexibility index (Phi) is 4.68. The van der Waals surface area contributed by atoms with Crippen molar-refractivity contribution in [2.45, 2.75) is 4.90 Å². The molecule has 0 aliphatic heterocycles. The van der Waals surface area contributed by atoms with E-state index in [4.69, 9.17) is 16.9 Å². The summed E-state index contributed by atoms with van der Waals surface area (Å²) in [6.45, 7) is 0. The Morgan fingerprint density at radius 2 is 2.24 bits per heavy atom. The molecule has 2 aromatic rings. The Morgan fingerprint density at radius 3 is 2.86 bits per heavy atom. The van der Waals surface area contributed by atoms with Gasteiger partial charge < -0.3 is 10.4 Å². The summed E-state index contributed by atoms with van der Waals surface area (Å²) < 4.78 is 0. The van der Waals surface area contributed by atoms with E-state index in [0.29, 0.717) is 5.69 Å². The maximum absolute atomic E-state index is 11.3. The Morgan fingerprint density at radius 1 is 1.48 bits per heavy atom. The van der Waals surface area contributed by atoms with E-state index in [9.17, 15) is 9.90 Å². The van der Waals surface area contributed by atoms with E-state index in [1.54, 1.807) is 17.8 Å². The summed E-state index contributed by atoms with van der Waals surface area (Å²) in [7, 11) is 0. The molecule has 0 unspecified atom stereocenters. The van der Waals surface area contributed by atoms with Crippen LogP contribution in [-0.2, 0) is 0 Å². The molecule has 0 saturated carbocycles. The first-order valence-electron chi connectivity index (χ1n) is 5.80. The predicted octanol–water partition coefficient (Wildman–Crippen LogP) is 3.77. The molecule has 2 rings (SSSR count). The molecule has 2 N–H and O–H groups in total. The summed E-state index contributed by atoms with van der Waals surface area (Å²) in [5.41, 5.74) is 0.436. The van der Waals surface area contributed by atoms with Crippen LogP contribution in [0, 0.1) is 11.3 Å². The van der Waals surface area contributed by atoms with Crippen molar-refractivity contribution in [1.82, 2.24) is 4.98 Å². The van der Waals surface area contributed by atoms with Gasteiger partial charge in [-0.2, -0.15) is 5.26 Å². The second-order valence-electron chi connectivity index (χ2n) is 3.99. The second kappa shape index (κ2) is 6.48. The van der Waals surface area contributed by atoms with Gasteiger partial charge in [0.15, 0.2) is 0 Å². The molecule has 0 fully saturated rings. The van der Waals surface area contributed by atoms with Crippen molar-refractivity contribution in [3.63, 3.8) is 0 Å². The number of benzene rings is 1. The lowest BCUT2D eigenvalue weighted by Crippen LogP contribution is -2.08. The minimum absolute atomic E-state index is 0.0361. The van der Waals surface area contributed by atoms with Crippen molar-refractivity contribution >= 4 is 40.8 Å². The molecular weight excluding hydrogens is 310 g/mol. The summed E-state index contributed by atoms with van der Waals surface area (Å²) in [6, 6.07) is 10.4. The van der Waals surface area contributed by atoms with Crippen molar-refractivity contribution in [3.05, 3.63) is 46.6 Å². The van der Waals surface area contributed by atoms with E-state index in [1.807, 2.05) is 30.5 Å². The fourth-order valence-electron chi connectivity index (χ4n) is 1.75. The lowest BCUT2D eigenvalue weighted by molar-refractivity contribution is 0.0697. The van der Waals surface area contributed by atoms with Gasteiger partial charge in [-0.05, 0) is 30.5 Å². The number of halogens is 1. The number of hydrogen-bond donors (Lipinski definition) is 2. The summed E-state index contributed by atoms with van der Waals surface area (Å²) >= 11 is 7.39. The number of hydrogen-bond acceptors (Lipinski definition) is 5. The summed E-state index contributed by atoms with van der Waals surface area (Å²) in [5.74, 6) is -1.19. The first-order chi connectivity index (χ1) is 10.0. The monoisotopic (exact) mass is 319 g/mol. The van der Waals surface area contributed by atoms with Gasteiger partial charge in [-0.15, -0.1) is 11.8 Å². The number of nitrogens with one attached hydrogen (secondary N) is 1. The fourth-order valence-corrected chi connectivity index (χ4v) is 2.40. The van der Waals surface area contributed by atoms with Gasteiger partial charge in [0, 0.05) is 10.6 Å². The SMILES string of the molecule is CSc1cccc(Nc2nc(Cl)cc(C#N)c2C(=O)O)c1. The normalized spacial score (nSPS) is 9.95. The van der Waals surface area contributed by atoms with Crippen molar-refractivity contribution in [2.75, 3.05) is 11.6 Å². The van der Waals surface area contributed by atoms with Gasteiger partial charge in [-0.1, -0.05) is 17.7 Å². The Labute approximate surface area is 130 Å². The molecular formula is C14H10ClN3O2S. The molecule has 7 heteroatoms. The number of thioether (sulfide) groups is 1. The maximum atomic E-state index is 11.3. The number of carboxylic acids is 1. The summed E-state index contributed by atoms with van der Waals surface area (Å²) in [6.07, 6.45) is 1.94. The minimum atomic E-state index is -1.24. The van der Waals surface area contributed by atoms with E-state index >= 15 is 0 Å². The van der Waals surface area contributed by atoms with Crippen LogP contribution in [0.5, 0.6) is 0 Å². The van der Waals surface area contributed by atoms with Crippen LogP contribution in [0.25, 0.3) is 0 Å². The Hall–Kier alpha value is -2.23. The number of nitriles is 1. The molecule has 21 heavy (non-hydrogen) atoms. The van der Waals surface area contributed by atoms with Crippen LogP contribution < -0.4 is 5.32 Å². The number of carboxylic acid groups (broad SMARTS) is 1. The van der Waals surface area contributed by atoms with Crippen LogP contribution in [0.1, 0.15) is 15.9 Å². The predicted molar refractivity (Wildman–Crippen MR) is 82.4 cm³/mol. The molecule has 0 spiro atoms. The number of nitrogens with zero attached hydrogens (tertiary/aromatic N) is 2. The Balaban J connectivity index is 2.50. The first kappa shape index (κ1) is 15.2. The third kappa shape index (κ3) is 3.45. The zero-order valence-electron chi connectivity index (χ0n) is 10.9. The molecule has 0 atom stereocenters. The molecule has 0 radical (unpaired) electrons. The van der Waals surface area contributed by atoms with E-state index in [1.165, 1.54) is 6.07 Å². The number of aromatic nitrogens is 1. The molecule has 1 aromatic carbocycles. The largest absolute Gasteiger partial charge is 0.478 e. The molecule has 0 amide bonds. The molecule has 0 saturated heterocycles. The molecule has 0 bridgehead atoms. The molecule has 5 nitrogen and oxygen atoms in total. The summed E-state index contributed by atoms with van der Waals surface area (Å²) in [5, 5.41) is 21.3. The van der Waals surface area contributed by atoms with E-state index < -0.39 is 5.97 Å². The van der Waals surface area contributed by atoms with Gasteiger partial charge >= 0.3 is 5.97 Å². The number of aromatic carboxylic acids is 1.